The first-order valence-electron chi connectivity index (χ1n) is 5.09. The first-order chi connectivity index (χ1) is 8.58. The van der Waals surface area contributed by atoms with E-state index in [2.05, 4.69) is 43.8 Å². The van der Waals surface area contributed by atoms with Crippen LogP contribution in [-0.2, 0) is 0 Å². The van der Waals surface area contributed by atoms with Gasteiger partial charge in [-0.05, 0) is 68.9 Å². The predicted octanol–water partition coefficient (Wildman–Crippen LogP) is 4.96. The number of hydrogen-bond donors (Lipinski definition) is 1. The van der Waals surface area contributed by atoms with E-state index in [9.17, 15) is 4.79 Å². The van der Waals surface area contributed by atoms with Crippen molar-refractivity contribution in [1.29, 1.82) is 0 Å². The van der Waals surface area contributed by atoms with Crippen LogP contribution >= 0.6 is 50.1 Å². The zero-order chi connectivity index (χ0) is 13.1. The highest BCUT2D eigenvalue weighted by Crippen LogP contribution is 2.23. The Labute approximate surface area is 132 Å². The maximum absolute atomic E-state index is 12.1. The Bertz CT molecular complexity index is 603. The van der Waals surface area contributed by atoms with Crippen molar-refractivity contribution in [3.05, 3.63) is 61.1 Å². The highest BCUT2D eigenvalue weighted by molar-refractivity contribution is 14.1. The van der Waals surface area contributed by atoms with Gasteiger partial charge in [-0.25, -0.2) is 0 Å². The lowest BCUT2D eigenvalue weighted by Crippen LogP contribution is -2.13. The maximum atomic E-state index is 12.1. The molecule has 0 saturated carbocycles. The predicted molar refractivity (Wildman–Crippen MR) is 86.3 cm³/mol. The van der Waals surface area contributed by atoms with Gasteiger partial charge in [0.1, 0.15) is 0 Å². The normalized spacial score (nSPS) is 10.2. The molecule has 0 aliphatic carbocycles. The first kappa shape index (κ1) is 13.8. The summed E-state index contributed by atoms with van der Waals surface area (Å²) in [6.45, 7) is 0. The molecule has 0 saturated heterocycles. The van der Waals surface area contributed by atoms with Crippen molar-refractivity contribution in [2.75, 3.05) is 5.32 Å². The Kier molecular flexibility index (Phi) is 4.64. The molecule has 2 nitrogen and oxygen atoms in total. The molecular weight excluding hydrogens is 428 g/mol. The highest BCUT2D eigenvalue weighted by atomic mass is 127. The fourth-order valence-electron chi connectivity index (χ4n) is 1.43. The average molecular weight is 436 g/mol. The summed E-state index contributed by atoms with van der Waals surface area (Å²) in [7, 11) is 0. The lowest BCUT2D eigenvalue weighted by Gasteiger charge is -2.08. The Morgan fingerprint density at radius 1 is 1.22 bits per heavy atom. The molecule has 2 aromatic rings. The molecular formula is C13H8BrClINO. The van der Waals surface area contributed by atoms with Crippen LogP contribution in [0.5, 0.6) is 0 Å². The molecule has 1 N–H and O–H groups in total. The summed E-state index contributed by atoms with van der Waals surface area (Å²) < 4.78 is 1.67. The number of anilines is 1. The number of nitrogens with one attached hydrogen (secondary N) is 1. The number of halogens is 3. The van der Waals surface area contributed by atoms with E-state index in [1.807, 2.05) is 24.3 Å². The quantitative estimate of drug-likeness (QED) is 0.663. The van der Waals surface area contributed by atoms with Gasteiger partial charge in [0.05, 0.1) is 11.3 Å². The van der Waals surface area contributed by atoms with Crippen molar-refractivity contribution >= 4 is 61.7 Å². The number of rotatable bonds is 2. The van der Waals surface area contributed by atoms with E-state index in [4.69, 9.17) is 11.6 Å². The third-order valence-electron chi connectivity index (χ3n) is 2.30. The van der Waals surface area contributed by atoms with Crippen LogP contribution in [-0.4, -0.2) is 5.91 Å². The van der Waals surface area contributed by atoms with Gasteiger partial charge in [-0.15, -0.1) is 0 Å². The van der Waals surface area contributed by atoms with Crippen LogP contribution in [0.25, 0.3) is 0 Å². The molecule has 0 heterocycles. The summed E-state index contributed by atoms with van der Waals surface area (Å²) in [6, 6.07) is 12.7. The maximum Gasteiger partial charge on any atom is 0.256 e. The third kappa shape index (κ3) is 3.24. The van der Waals surface area contributed by atoms with Gasteiger partial charge < -0.3 is 5.32 Å². The minimum absolute atomic E-state index is 0.164. The van der Waals surface area contributed by atoms with Gasteiger partial charge in [0.15, 0.2) is 0 Å². The smallest absolute Gasteiger partial charge is 0.256 e. The second-order valence-corrected chi connectivity index (χ2v) is 6.01. The van der Waals surface area contributed by atoms with E-state index in [0.717, 1.165) is 9.26 Å². The van der Waals surface area contributed by atoms with Crippen molar-refractivity contribution in [1.82, 2.24) is 0 Å². The number of carbonyl (C=O) groups is 1. The second kappa shape index (κ2) is 6.04. The van der Waals surface area contributed by atoms with Crippen LogP contribution in [0, 0.1) is 3.57 Å². The molecule has 5 heteroatoms. The Balaban J connectivity index is 2.25. The van der Waals surface area contributed by atoms with Gasteiger partial charge in [0.2, 0.25) is 0 Å². The summed E-state index contributed by atoms with van der Waals surface area (Å²) in [5.41, 5.74) is 1.35. The molecule has 0 unspecified atom stereocenters. The summed E-state index contributed by atoms with van der Waals surface area (Å²) in [6.07, 6.45) is 0. The molecule has 18 heavy (non-hydrogen) atoms. The summed E-state index contributed by atoms with van der Waals surface area (Å²) in [5, 5.41) is 3.46. The number of carbonyl (C=O) groups excluding carboxylic acids is 1. The number of benzene rings is 2. The van der Waals surface area contributed by atoms with Gasteiger partial charge in [-0.1, -0.05) is 23.7 Å². The van der Waals surface area contributed by atoms with Gasteiger partial charge in [0, 0.05) is 13.1 Å². The highest BCUT2D eigenvalue weighted by Gasteiger charge is 2.11. The Morgan fingerprint density at radius 3 is 2.61 bits per heavy atom. The fraction of sp³-hybridized carbons (Fsp3) is 0. The van der Waals surface area contributed by atoms with Crippen LogP contribution in [0.15, 0.2) is 46.9 Å². The summed E-state index contributed by atoms with van der Waals surface area (Å²) in [4.78, 5) is 12.1. The van der Waals surface area contributed by atoms with E-state index in [-0.39, 0.29) is 5.91 Å². The molecule has 2 rings (SSSR count). The van der Waals surface area contributed by atoms with Crippen LogP contribution in [0.1, 0.15) is 10.4 Å². The standard InChI is InChI=1S/C13H8BrClINO/c14-10-7-8(15)5-6-9(10)13(18)17-12-4-2-1-3-11(12)16/h1-7H,(H,17,18). The van der Waals surface area contributed by atoms with E-state index in [1.54, 1.807) is 18.2 Å². The minimum Gasteiger partial charge on any atom is -0.321 e. The molecule has 1 amide bonds. The van der Waals surface area contributed by atoms with E-state index in [1.165, 1.54) is 0 Å². The molecule has 0 aromatic heterocycles. The average Bonchev–Trinajstić information content (AvgIpc) is 2.32. The van der Waals surface area contributed by atoms with Crippen molar-refractivity contribution in [3.63, 3.8) is 0 Å². The zero-order valence-electron chi connectivity index (χ0n) is 9.08. The van der Waals surface area contributed by atoms with E-state index in [0.29, 0.717) is 15.1 Å². The van der Waals surface area contributed by atoms with Crippen LogP contribution < -0.4 is 5.32 Å². The number of hydrogen-bond acceptors (Lipinski definition) is 1. The summed E-state index contributed by atoms with van der Waals surface area (Å²) in [5.74, 6) is -0.164. The van der Waals surface area contributed by atoms with Gasteiger partial charge in [-0.2, -0.15) is 0 Å². The lowest BCUT2D eigenvalue weighted by atomic mass is 10.2. The fourth-order valence-corrected chi connectivity index (χ4v) is 2.81. The van der Waals surface area contributed by atoms with Crippen LogP contribution in [0.3, 0.4) is 0 Å². The molecule has 0 aliphatic heterocycles. The molecule has 0 bridgehead atoms. The van der Waals surface area contributed by atoms with Crippen molar-refractivity contribution in [2.24, 2.45) is 0 Å². The van der Waals surface area contributed by atoms with Gasteiger partial charge >= 0.3 is 0 Å². The lowest BCUT2D eigenvalue weighted by molar-refractivity contribution is 0.102. The van der Waals surface area contributed by atoms with Gasteiger partial charge in [0.25, 0.3) is 5.91 Å². The molecule has 2 aromatic carbocycles. The van der Waals surface area contributed by atoms with E-state index >= 15 is 0 Å². The number of para-hydroxylation sites is 1. The van der Waals surface area contributed by atoms with Crippen molar-refractivity contribution < 1.29 is 4.79 Å². The SMILES string of the molecule is O=C(Nc1ccccc1I)c1ccc(Cl)cc1Br. The Hall–Kier alpha value is -0.590. The zero-order valence-corrected chi connectivity index (χ0v) is 13.6. The summed E-state index contributed by atoms with van der Waals surface area (Å²) >= 11 is 11.4. The van der Waals surface area contributed by atoms with Crippen molar-refractivity contribution in [3.8, 4) is 0 Å². The molecule has 0 aliphatic rings. The Morgan fingerprint density at radius 2 is 1.94 bits per heavy atom. The van der Waals surface area contributed by atoms with E-state index < -0.39 is 0 Å². The third-order valence-corrected chi connectivity index (χ3v) is 4.13. The molecule has 0 fully saturated rings. The van der Waals surface area contributed by atoms with Gasteiger partial charge in [-0.3, -0.25) is 4.79 Å². The van der Waals surface area contributed by atoms with Crippen LogP contribution in [0.2, 0.25) is 5.02 Å². The largest absolute Gasteiger partial charge is 0.321 e. The second-order valence-electron chi connectivity index (χ2n) is 3.56. The molecule has 0 atom stereocenters. The monoisotopic (exact) mass is 435 g/mol. The number of amides is 1. The van der Waals surface area contributed by atoms with Crippen LogP contribution in [0.4, 0.5) is 5.69 Å². The molecule has 0 radical (unpaired) electrons. The molecule has 92 valence electrons. The molecule has 0 spiro atoms. The first-order valence-corrected chi connectivity index (χ1v) is 7.34. The van der Waals surface area contributed by atoms with Crippen molar-refractivity contribution in [2.45, 2.75) is 0 Å². The topological polar surface area (TPSA) is 29.1 Å². The minimum atomic E-state index is -0.164.